The second-order valence-corrected chi connectivity index (χ2v) is 6.17. The second-order valence-electron chi connectivity index (χ2n) is 5.01. The van der Waals surface area contributed by atoms with E-state index in [2.05, 4.69) is 15.9 Å². The van der Waals surface area contributed by atoms with Crippen LogP contribution in [0.4, 0.5) is 15.8 Å². The van der Waals surface area contributed by atoms with Crippen molar-refractivity contribution in [1.82, 2.24) is 15.3 Å². The minimum Gasteiger partial charge on any atom is -0.394 e. The first-order valence-corrected chi connectivity index (χ1v) is 8.26. The Hall–Kier alpha value is -2.05. The second kappa shape index (κ2) is 8.36. The summed E-state index contributed by atoms with van der Waals surface area (Å²) in [5, 5.41) is 15.4. The molecule has 0 saturated carbocycles. The molecule has 0 aliphatic rings. The fourth-order valence-corrected chi connectivity index (χ4v) is 2.53. The molecule has 134 valence electrons. The smallest absolute Gasteiger partial charge is 0.297 e. The van der Waals surface area contributed by atoms with Gasteiger partial charge in [-0.3, -0.25) is 14.4 Å². The zero-order valence-electron chi connectivity index (χ0n) is 13.5. The standard InChI is InChI=1S/C15H16FIN4O4/c1-8-12(18-10-5-3-4-9(17)11(10)16)13(19-21(2)15(8)24)14(23)20-25-7-6-22/h3-5,18,22H,6-7H2,1-2H3,(H,20,23). The fourth-order valence-electron chi connectivity index (χ4n) is 2.03. The van der Waals surface area contributed by atoms with Gasteiger partial charge in [0.2, 0.25) is 0 Å². The van der Waals surface area contributed by atoms with Crippen LogP contribution in [0.25, 0.3) is 0 Å². The molecule has 25 heavy (non-hydrogen) atoms. The van der Waals surface area contributed by atoms with E-state index in [4.69, 9.17) is 9.94 Å². The number of hydroxylamine groups is 1. The first kappa shape index (κ1) is 19.3. The van der Waals surface area contributed by atoms with E-state index in [-0.39, 0.29) is 35.8 Å². The Bertz CT molecular complexity index is 856. The molecule has 0 atom stereocenters. The monoisotopic (exact) mass is 462 g/mol. The van der Waals surface area contributed by atoms with Gasteiger partial charge in [-0.05, 0) is 41.6 Å². The Labute approximate surface area is 156 Å². The number of aliphatic hydroxyl groups excluding tert-OH is 1. The lowest BCUT2D eigenvalue weighted by Crippen LogP contribution is -2.32. The maximum atomic E-state index is 14.3. The molecule has 8 nitrogen and oxygen atoms in total. The number of benzene rings is 1. The first-order chi connectivity index (χ1) is 11.9. The summed E-state index contributed by atoms with van der Waals surface area (Å²) < 4.78 is 15.6. The molecule has 0 radical (unpaired) electrons. The highest BCUT2D eigenvalue weighted by atomic mass is 127. The van der Waals surface area contributed by atoms with Gasteiger partial charge in [0.15, 0.2) is 11.5 Å². The van der Waals surface area contributed by atoms with Gasteiger partial charge in [0.25, 0.3) is 11.5 Å². The predicted molar refractivity (Wildman–Crippen MR) is 97.1 cm³/mol. The van der Waals surface area contributed by atoms with E-state index in [9.17, 15) is 14.0 Å². The molecule has 0 unspecified atom stereocenters. The van der Waals surface area contributed by atoms with E-state index >= 15 is 0 Å². The Balaban J connectivity index is 2.48. The van der Waals surface area contributed by atoms with Crippen molar-refractivity contribution in [2.24, 2.45) is 7.05 Å². The Morgan fingerprint density at radius 2 is 2.20 bits per heavy atom. The molecule has 2 rings (SSSR count). The lowest BCUT2D eigenvalue weighted by Gasteiger charge is -2.15. The zero-order valence-corrected chi connectivity index (χ0v) is 15.6. The number of nitrogens with one attached hydrogen (secondary N) is 2. The van der Waals surface area contributed by atoms with E-state index in [0.29, 0.717) is 3.57 Å². The van der Waals surface area contributed by atoms with Crippen molar-refractivity contribution in [1.29, 1.82) is 0 Å². The van der Waals surface area contributed by atoms with Crippen LogP contribution in [0.3, 0.4) is 0 Å². The number of hydrogen-bond acceptors (Lipinski definition) is 6. The maximum Gasteiger partial charge on any atom is 0.297 e. The summed E-state index contributed by atoms with van der Waals surface area (Å²) in [7, 11) is 1.40. The summed E-state index contributed by atoms with van der Waals surface area (Å²) in [6.07, 6.45) is 0. The van der Waals surface area contributed by atoms with Crippen LogP contribution in [0, 0.1) is 16.3 Å². The van der Waals surface area contributed by atoms with Gasteiger partial charge in [0.05, 0.1) is 28.2 Å². The number of rotatable bonds is 6. The molecule has 1 aromatic heterocycles. The van der Waals surface area contributed by atoms with Gasteiger partial charge in [-0.2, -0.15) is 5.10 Å². The molecule has 3 N–H and O–H groups in total. The van der Waals surface area contributed by atoms with Crippen molar-refractivity contribution < 1.29 is 19.1 Å². The number of halogens is 2. The van der Waals surface area contributed by atoms with Crippen LogP contribution < -0.4 is 16.4 Å². The van der Waals surface area contributed by atoms with E-state index < -0.39 is 17.3 Å². The molecular formula is C15H16FIN4O4. The highest BCUT2D eigenvalue weighted by Crippen LogP contribution is 2.26. The zero-order chi connectivity index (χ0) is 18.6. The minimum atomic E-state index is -0.735. The number of aliphatic hydroxyl groups is 1. The summed E-state index contributed by atoms with van der Waals surface area (Å²) in [5.74, 6) is -1.24. The normalized spacial score (nSPS) is 10.6. The van der Waals surface area contributed by atoms with Gasteiger partial charge in [0.1, 0.15) is 0 Å². The lowest BCUT2D eigenvalue weighted by molar-refractivity contribution is 0.0164. The van der Waals surface area contributed by atoms with Gasteiger partial charge < -0.3 is 10.4 Å². The average Bonchev–Trinajstić information content (AvgIpc) is 2.59. The molecular weight excluding hydrogens is 446 g/mol. The van der Waals surface area contributed by atoms with E-state index in [0.717, 1.165) is 4.68 Å². The minimum absolute atomic E-state index is 0.0779. The van der Waals surface area contributed by atoms with Crippen LogP contribution in [0.15, 0.2) is 23.0 Å². The summed E-state index contributed by atoms with van der Waals surface area (Å²) in [6.45, 7) is 1.12. The third kappa shape index (κ3) is 4.32. The van der Waals surface area contributed by atoms with Gasteiger partial charge in [0, 0.05) is 12.6 Å². The molecule has 1 amide bonds. The van der Waals surface area contributed by atoms with Crippen molar-refractivity contribution in [2.45, 2.75) is 6.92 Å². The highest BCUT2D eigenvalue weighted by Gasteiger charge is 2.21. The topological polar surface area (TPSA) is 105 Å². The van der Waals surface area contributed by atoms with Gasteiger partial charge in [-0.25, -0.2) is 14.6 Å². The van der Waals surface area contributed by atoms with Gasteiger partial charge in [-0.1, -0.05) is 6.07 Å². The third-order valence-corrected chi connectivity index (χ3v) is 4.09. The average molecular weight is 462 g/mol. The number of hydrogen-bond donors (Lipinski definition) is 3. The molecule has 10 heteroatoms. The number of aryl methyl sites for hydroxylation is 1. The summed E-state index contributed by atoms with van der Waals surface area (Å²) in [6, 6.07) is 4.71. The van der Waals surface area contributed by atoms with Gasteiger partial charge in [-0.15, -0.1) is 0 Å². The van der Waals surface area contributed by atoms with Crippen LogP contribution in [-0.4, -0.2) is 34.0 Å². The lowest BCUT2D eigenvalue weighted by atomic mass is 10.2. The van der Waals surface area contributed by atoms with Crippen LogP contribution >= 0.6 is 22.6 Å². The number of anilines is 2. The SMILES string of the molecule is Cc1c(Nc2cccc(I)c2F)c(C(=O)NOCCO)nn(C)c1=O. The third-order valence-electron chi connectivity index (χ3n) is 3.26. The molecule has 2 aromatic rings. The van der Waals surface area contributed by atoms with Crippen molar-refractivity contribution in [2.75, 3.05) is 18.5 Å². The summed E-state index contributed by atoms with van der Waals surface area (Å²) >= 11 is 1.84. The van der Waals surface area contributed by atoms with Crippen LogP contribution in [0.1, 0.15) is 16.1 Å². The predicted octanol–water partition coefficient (Wildman–Crippen LogP) is 1.23. The number of amides is 1. The highest BCUT2D eigenvalue weighted by molar-refractivity contribution is 14.1. The van der Waals surface area contributed by atoms with Gasteiger partial charge >= 0.3 is 0 Å². The quantitative estimate of drug-likeness (QED) is 0.339. The Morgan fingerprint density at radius 3 is 2.88 bits per heavy atom. The van der Waals surface area contributed by atoms with Crippen LogP contribution in [0.5, 0.6) is 0 Å². The van der Waals surface area contributed by atoms with Crippen LogP contribution in [0.2, 0.25) is 0 Å². The number of aromatic nitrogens is 2. The van der Waals surface area contributed by atoms with Crippen molar-refractivity contribution in [3.8, 4) is 0 Å². The molecule has 1 heterocycles. The molecule has 0 aliphatic carbocycles. The number of carbonyl (C=O) groups excluding carboxylic acids is 1. The molecule has 0 bridgehead atoms. The van der Waals surface area contributed by atoms with Crippen molar-refractivity contribution in [3.63, 3.8) is 0 Å². The maximum absolute atomic E-state index is 14.3. The molecule has 0 aliphatic heterocycles. The van der Waals surface area contributed by atoms with Crippen molar-refractivity contribution >= 4 is 39.9 Å². The molecule has 0 fully saturated rings. The number of carbonyl (C=O) groups is 1. The Morgan fingerprint density at radius 1 is 1.48 bits per heavy atom. The summed E-state index contributed by atoms with van der Waals surface area (Å²) in [4.78, 5) is 29.2. The molecule has 0 saturated heterocycles. The first-order valence-electron chi connectivity index (χ1n) is 7.18. The van der Waals surface area contributed by atoms with Crippen LogP contribution in [-0.2, 0) is 11.9 Å². The fraction of sp³-hybridized carbons (Fsp3) is 0.267. The van der Waals surface area contributed by atoms with Crippen molar-refractivity contribution in [3.05, 3.63) is 49.2 Å². The molecule has 0 spiro atoms. The van der Waals surface area contributed by atoms with E-state index in [1.165, 1.54) is 20.0 Å². The molecule has 1 aromatic carbocycles. The van der Waals surface area contributed by atoms with E-state index in [1.54, 1.807) is 12.1 Å². The number of nitrogens with zero attached hydrogens (tertiary/aromatic N) is 2. The Kier molecular flexibility index (Phi) is 6.45. The summed E-state index contributed by atoms with van der Waals surface area (Å²) in [5.41, 5.74) is 1.92. The van der Waals surface area contributed by atoms with E-state index in [1.807, 2.05) is 22.6 Å². The largest absolute Gasteiger partial charge is 0.394 e.